The molecule has 0 saturated carbocycles. The maximum Gasteiger partial charge on any atom is 0.243 e. The van der Waals surface area contributed by atoms with Crippen LogP contribution in [0.2, 0.25) is 0 Å². The molecule has 146 valence electrons. The zero-order valence-electron chi connectivity index (χ0n) is 16.9. The number of hydrogen-bond acceptors (Lipinski definition) is 3. The van der Waals surface area contributed by atoms with Gasteiger partial charge in [-0.05, 0) is 61.8 Å². The standard InChI is InChI=1S/C20H32N2O3S/c1-15-9-10-18(12-16(15)2)26(24,25)21(6)14-19(23)22-11-7-8-17(22)13-20(3,4)5/h9-10,12,17H,7-8,11,13-14H2,1-6H3. The number of rotatable bonds is 5. The van der Waals surface area contributed by atoms with Crippen LogP contribution in [0.4, 0.5) is 0 Å². The molecule has 0 N–H and O–H groups in total. The largest absolute Gasteiger partial charge is 0.339 e. The van der Waals surface area contributed by atoms with Gasteiger partial charge in [-0.3, -0.25) is 4.79 Å². The molecule has 6 heteroatoms. The maximum absolute atomic E-state index is 12.8. The third kappa shape index (κ3) is 4.86. The Morgan fingerprint density at radius 1 is 1.23 bits per heavy atom. The van der Waals surface area contributed by atoms with E-state index >= 15 is 0 Å². The monoisotopic (exact) mass is 380 g/mol. The Hall–Kier alpha value is -1.40. The van der Waals surface area contributed by atoms with Crippen LogP contribution < -0.4 is 0 Å². The topological polar surface area (TPSA) is 57.7 Å². The summed E-state index contributed by atoms with van der Waals surface area (Å²) in [4.78, 5) is 14.9. The summed E-state index contributed by atoms with van der Waals surface area (Å²) in [6, 6.07) is 5.29. The summed E-state index contributed by atoms with van der Waals surface area (Å²) in [7, 11) is -2.19. The number of sulfonamides is 1. The Morgan fingerprint density at radius 3 is 2.46 bits per heavy atom. The minimum absolute atomic E-state index is 0.105. The lowest BCUT2D eigenvalue weighted by Crippen LogP contribution is -2.44. The number of carbonyl (C=O) groups excluding carboxylic acids is 1. The average molecular weight is 381 g/mol. The predicted molar refractivity (Wildman–Crippen MR) is 105 cm³/mol. The molecule has 1 saturated heterocycles. The van der Waals surface area contributed by atoms with Crippen LogP contribution in [-0.4, -0.2) is 49.7 Å². The van der Waals surface area contributed by atoms with E-state index in [1.165, 1.54) is 11.4 Å². The van der Waals surface area contributed by atoms with Crippen molar-refractivity contribution >= 4 is 15.9 Å². The molecule has 1 aliphatic heterocycles. The number of benzene rings is 1. The van der Waals surface area contributed by atoms with E-state index in [0.717, 1.165) is 36.9 Å². The van der Waals surface area contributed by atoms with Crippen molar-refractivity contribution in [2.45, 2.75) is 64.8 Å². The van der Waals surface area contributed by atoms with Crippen molar-refractivity contribution in [2.24, 2.45) is 5.41 Å². The molecule has 1 atom stereocenters. The molecule has 1 fully saturated rings. The quantitative estimate of drug-likeness (QED) is 0.787. The fraction of sp³-hybridized carbons (Fsp3) is 0.650. The zero-order valence-corrected chi connectivity index (χ0v) is 17.7. The number of amides is 1. The molecule has 5 nitrogen and oxygen atoms in total. The molecule has 1 heterocycles. The summed E-state index contributed by atoms with van der Waals surface area (Å²) in [5.74, 6) is -0.105. The van der Waals surface area contributed by atoms with Gasteiger partial charge in [-0.2, -0.15) is 4.31 Å². The van der Waals surface area contributed by atoms with Crippen molar-refractivity contribution in [1.29, 1.82) is 0 Å². The highest BCUT2D eigenvalue weighted by Gasteiger charge is 2.33. The summed E-state index contributed by atoms with van der Waals surface area (Å²) in [6.07, 6.45) is 2.92. The molecule has 0 spiro atoms. The van der Waals surface area contributed by atoms with E-state index in [4.69, 9.17) is 0 Å². The van der Waals surface area contributed by atoms with Crippen molar-refractivity contribution < 1.29 is 13.2 Å². The number of hydrogen-bond donors (Lipinski definition) is 0. The van der Waals surface area contributed by atoms with Gasteiger partial charge in [0.1, 0.15) is 0 Å². The molecule has 1 aromatic carbocycles. The van der Waals surface area contributed by atoms with Crippen LogP contribution in [0.3, 0.4) is 0 Å². The normalized spacial score (nSPS) is 18.6. The number of carbonyl (C=O) groups is 1. The number of likely N-dealkylation sites (tertiary alicyclic amines) is 1. The third-order valence-corrected chi connectivity index (χ3v) is 6.89. The highest BCUT2D eigenvalue weighted by Crippen LogP contribution is 2.30. The molecule has 1 aromatic rings. The SMILES string of the molecule is Cc1ccc(S(=O)(=O)N(C)CC(=O)N2CCCC2CC(C)(C)C)cc1C. The van der Waals surface area contributed by atoms with E-state index in [-0.39, 0.29) is 28.8 Å². The lowest BCUT2D eigenvalue weighted by Gasteiger charge is -2.31. The van der Waals surface area contributed by atoms with Crippen LogP contribution in [0, 0.1) is 19.3 Å². The first-order valence-corrected chi connectivity index (χ1v) is 10.7. The molecule has 2 rings (SSSR count). The van der Waals surface area contributed by atoms with Gasteiger partial charge in [-0.15, -0.1) is 0 Å². The van der Waals surface area contributed by atoms with Crippen LogP contribution in [0.1, 0.15) is 51.2 Å². The summed E-state index contributed by atoms with van der Waals surface area (Å²) >= 11 is 0. The molecule has 0 radical (unpaired) electrons. The summed E-state index contributed by atoms with van der Waals surface area (Å²) in [6.45, 7) is 11.0. The molecular weight excluding hydrogens is 348 g/mol. The van der Waals surface area contributed by atoms with Crippen molar-refractivity contribution in [1.82, 2.24) is 9.21 Å². The number of aryl methyl sites for hydroxylation is 2. The Bertz CT molecular complexity index is 766. The Balaban J connectivity index is 2.11. The van der Waals surface area contributed by atoms with Crippen LogP contribution in [0.5, 0.6) is 0 Å². The lowest BCUT2D eigenvalue weighted by atomic mass is 9.87. The third-order valence-electron chi connectivity index (χ3n) is 5.09. The Labute approximate surface area is 158 Å². The second kappa shape index (κ2) is 7.69. The lowest BCUT2D eigenvalue weighted by molar-refractivity contribution is -0.132. The highest BCUT2D eigenvalue weighted by atomic mass is 32.2. The fourth-order valence-corrected chi connectivity index (χ4v) is 4.71. The van der Waals surface area contributed by atoms with E-state index in [1.54, 1.807) is 18.2 Å². The minimum atomic E-state index is -3.67. The molecule has 1 aliphatic rings. The van der Waals surface area contributed by atoms with Crippen molar-refractivity contribution in [2.75, 3.05) is 20.1 Å². The Morgan fingerprint density at radius 2 is 1.88 bits per heavy atom. The van der Waals surface area contributed by atoms with Gasteiger partial charge in [0.2, 0.25) is 15.9 Å². The van der Waals surface area contributed by atoms with Crippen molar-refractivity contribution in [3.05, 3.63) is 29.3 Å². The predicted octanol–water partition coefficient (Wildman–Crippen LogP) is 3.35. The zero-order chi connectivity index (χ0) is 19.7. The summed E-state index contributed by atoms with van der Waals surface area (Å²) in [5, 5.41) is 0. The highest BCUT2D eigenvalue weighted by molar-refractivity contribution is 7.89. The summed E-state index contributed by atoms with van der Waals surface area (Å²) < 4.78 is 26.8. The van der Waals surface area contributed by atoms with Crippen LogP contribution in [-0.2, 0) is 14.8 Å². The van der Waals surface area contributed by atoms with Gasteiger partial charge in [-0.1, -0.05) is 26.8 Å². The van der Waals surface area contributed by atoms with Crippen LogP contribution >= 0.6 is 0 Å². The Kier molecular flexibility index (Phi) is 6.18. The van der Waals surface area contributed by atoms with Crippen LogP contribution in [0.15, 0.2) is 23.1 Å². The second-order valence-corrected chi connectivity index (χ2v) is 10.7. The van der Waals surface area contributed by atoms with Gasteiger partial charge in [0, 0.05) is 19.6 Å². The van der Waals surface area contributed by atoms with Gasteiger partial charge in [-0.25, -0.2) is 8.42 Å². The van der Waals surface area contributed by atoms with E-state index in [9.17, 15) is 13.2 Å². The minimum Gasteiger partial charge on any atom is -0.339 e. The van der Waals surface area contributed by atoms with E-state index in [2.05, 4.69) is 20.8 Å². The molecule has 1 amide bonds. The first kappa shape index (κ1) is 20.9. The molecule has 0 aromatic heterocycles. The smallest absolute Gasteiger partial charge is 0.243 e. The van der Waals surface area contributed by atoms with Gasteiger partial charge in [0.05, 0.1) is 11.4 Å². The van der Waals surface area contributed by atoms with E-state index in [1.807, 2.05) is 18.7 Å². The molecule has 26 heavy (non-hydrogen) atoms. The van der Waals surface area contributed by atoms with Gasteiger partial charge in [0.15, 0.2) is 0 Å². The van der Waals surface area contributed by atoms with E-state index in [0.29, 0.717) is 0 Å². The average Bonchev–Trinajstić information content (AvgIpc) is 2.95. The summed E-state index contributed by atoms with van der Waals surface area (Å²) in [5.41, 5.74) is 2.12. The first-order valence-electron chi connectivity index (χ1n) is 9.25. The fourth-order valence-electron chi connectivity index (χ4n) is 3.50. The van der Waals surface area contributed by atoms with Gasteiger partial charge >= 0.3 is 0 Å². The molecule has 0 bridgehead atoms. The maximum atomic E-state index is 12.8. The first-order chi connectivity index (χ1) is 11.9. The molecule has 1 unspecified atom stereocenters. The van der Waals surface area contributed by atoms with Gasteiger partial charge in [0.25, 0.3) is 0 Å². The van der Waals surface area contributed by atoms with Crippen molar-refractivity contribution in [3.63, 3.8) is 0 Å². The van der Waals surface area contributed by atoms with Gasteiger partial charge < -0.3 is 4.90 Å². The van der Waals surface area contributed by atoms with Crippen LogP contribution in [0.25, 0.3) is 0 Å². The number of nitrogens with zero attached hydrogens (tertiary/aromatic N) is 2. The van der Waals surface area contributed by atoms with E-state index < -0.39 is 10.0 Å². The second-order valence-electron chi connectivity index (χ2n) is 8.66. The molecule has 0 aliphatic carbocycles. The molecular formula is C20H32N2O3S. The van der Waals surface area contributed by atoms with Crippen molar-refractivity contribution in [3.8, 4) is 0 Å². The number of likely N-dealkylation sites (N-methyl/N-ethyl adjacent to an activating group) is 1.